The van der Waals surface area contributed by atoms with E-state index in [0.717, 1.165) is 5.69 Å². The summed E-state index contributed by atoms with van der Waals surface area (Å²) in [4.78, 5) is 4.24. The molecule has 0 aliphatic carbocycles. The Balaban J connectivity index is 2.27. The average molecular weight is 262 g/mol. The lowest BCUT2D eigenvalue weighted by Crippen LogP contribution is -2.05. The van der Waals surface area contributed by atoms with Gasteiger partial charge in [0.25, 0.3) is 0 Å². The molecule has 0 aliphatic heterocycles. The number of aromatic nitrogens is 1. The van der Waals surface area contributed by atoms with Crippen molar-refractivity contribution >= 4 is 15.5 Å². The summed E-state index contributed by atoms with van der Waals surface area (Å²) in [5, 5.41) is 0. The molecule has 1 aromatic heterocycles. The van der Waals surface area contributed by atoms with E-state index in [1.165, 1.54) is 6.20 Å². The molecule has 2 rings (SSSR count). The van der Waals surface area contributed by atoms with Crippen LogP contribution in [0.1, 0.15) is 11.3 Å². The van der Waals surface area contributed by atoms with Crippen LogP contribution in [0.25, 0.3) is 0 Å². The average Bonchev–Trinajstić information content (AvgIpc) is 2.32. The van der Waals surface area contributed by atoms with Gasteiger partial charge < -0.3 is 5.73 Å². The molecule has 0 aliphatic rings. The maximum atomic E-state index is 12.1. The summed E-state index contributed by atoms with van der Waals surface area (Å²) in [7, 11) is -3.35. The topological polar surface area (TPSA) is 73.0 Å². The standard InChI is InChI=1S/C13H14N2O2S/c1-10-2-7-13(8-15-10)18(16,17)9-11-3-5-12(14)6-4-11/h2-8H,9,14H2,1H3. The fourth-order valence-electron chi connectivity index (χ4n) is 1.55. The van der Waals surface area contributed by atoms with E-state index in [0.29, 0.717) is 11.3 Å². The van der Waals surface area contributed by atoms with E-state index in [1.54, 1.807) is 36.4 Å². The third kappa shape index (κ3) is 2.87. The quantitative estimate of drug-likeness (QED) is 0.858. The van der Waals surface area contributed by atoms with E-state index in [2.05, 4.69) is 4.98 Å². The number of sulfone groups is 1. The normalized spacial score (nSPS) is 11.4. The van der Waals surface area contributed by atoms with Crippen molar-refractivity contribution in [2.24, 2.45) is 0 Å². The van der Waals surface area contributed by atoms with Crippen LogP contribution in [-0.2, 0) is 15.6 Å². The first-order chi connectivity index (χ1) is 8.47. The number of pyridine rings is 1. The van der Waals surface area contributed by atoms with Crippen molar-refractivity contribution in [2.45, 2.75) is 17.6 Å². The summed E-state index contributed by atoms with van der Waals surface area (Å²) >= 11 is 0. The van der Waals surface area contributed by atoms with Crippen molar-refractivity contribution in [1.82, 2.24) is 4.98 Å². The Morgan fingerprint density at radius 3 is 2.33 bits per heavy atom. The smallest absolute Gasteiger partial charge is 0.184 e. The van der Waals surface area contributed by atoms with Crippen molar-refractivity contribution < 1.29 is 8.42 Å². The van der Waals surface area contributed by atoms with E-state index in [9.17, 15) is 8.42 Å². The van der Waals surface area contributed by atoms with Crippen molar-refractivity contribution in [3.8, 4) is 0 Å². The maximum absolute atomic E-state index is 12.1. The van der Waals surface area contributed by atoms with Gasteiger partial charge in [0, 0.05) is 17.6 Å². The molecule has 94 valence electrons. The Bertz CT molecular complexity index is 632. The lowest BCUT2D eigenvalue weighted by atomic mass is 10.2. The molecule has 0 saturated carbocycles. The zero-order chi connectivity index (χ0) is 13.2. The molecule has 1 heterocycles. The predicted octanol–water partition coefficient (Wildman–Crippen LogP) is 1.95. The van der Waals surface area contributed by atoms with Crippen molar-refractivity contribution in [1.29, 1.82) is 0 Å². The fraction of sp³-hybridized carbons (Fsp3) is 0.154. The molecule has 0 radical (unpaired) electrons. The molecule has 0 atom stereocenters. The number of nitrogens with two attached hydrogens (primary N) is 1. The largest absolute Gasteiger partial charge is 0.399 e. The van der Waals surface area contributed by atoms with Gasteiger partial charge in [-0.3, -0.25) is 4.98 Å². The first-order valence-corrected chi connectivity index (χ1v) is 7.12. The Morgan fingerprint density at radius 2 is 1.78 bits per heavy atom. The molecule has 18 heavy (non-hydrogen) atoms. The number of aryl methyl sites for hydroxylation is 1. The number of anilines is 1. The van der Waals surface area contributed by atoms with E-state index in [-0.39, 0.29) is 10.6 Å². The molecule has 0 spiro atoms. The second-order valence-electron chi connectivity index (χ2n) is 4.14. The molecule has 2 aromatic rings. The van der Waals surface area contributed by atoms with Crippen molar-refractivity contribution in [2.75, 3.05) is 5.73 Å². The minimum atomic E-state index is -3.35. The van der Waals surface area contributed by atoms with Crippen LogP contribution in [-0.4, -0.2) is 13.4 Å². The number of rotatable bonds is 3. The monoisotopic (exact) mass is 262 g/mol. The van der Waals surface area contributed by atoms with Crippen LogP contribution >= 0.6 is 0 Å². The van der Waals surface area contributed by atoms with Crippen LogP contribution in [0, 0.1) is 6.92 Å². The maximum Gasteiger partial charge on any atom is 0.184 e. The molecule has 4 nitrogen and oxygen atoms in total. The lowest BCUT2D eigenvalue weighted by molar-refractivity contribution is 0.595. The predicted molar refractivity (Wildman–Crippen MR) is 70.7 cm³/mol. The highest BCUT2D eigenvalue weighted by molar-refractivity contribution is 7.90. The van der Waals surface area contributed by atoms with Gasteiger partial charge in [0.2, 0.25) is 0 Å². The van der Waals surface area contributed by atoms with E-state index in [1.807, 2.05) is 6.92 Å². The van der Waals surface area contributed by atoms with E-state index < -0.39 is 9.84 Å². The lowest BCUT2D eigenvalue weighted by Gasteiger charge is -2.05. The zero-order valence-corrected chi connectivity index (χ0v) is 10.8. The van der Waals surface area contributed by atoms with Crippen LogP contribution in [0.2, 0.25) is 0 Å². The summed E-state index contributed by atoms with van der Waals surface area (Å²) in [6.07, 6.45) is 1.39. The first-order valence-electron chi connectivity index (χ1n) is 5.47. The van der Waals surface area contributed by atoms with E-state index in [4.69, 9.17) is 5.73 Å². The van der Waals surface area contributed by atoms with Gasteiger partial charge in [0.15, 0.2) is 9.84 Å². The van der Waals surface area contributed by atoms with Crippen LogP contribution in [0.5, 0.6) is 0 Å². The van der Waals surface area contributed by atoms with Crippen LogP contribution in [0.3, 0.4) is 0 Å². The minimum absolute atomic E-state index is 0.0436. The van der Waals surface area contributed by atoms with Crippen LogP contribution < -0.4 is 5.73 Å². The van der Waals surface area contributed by atoms with Crippen LogP contribution in [0.4, 0.5) is 5.69 Å². The fourth-order valence-corrected chi connectivity index (χ4v) is 2.84. The summed E-state index contributed by atoms with van der Waals surface area (Å²) in [5.41, 5.74) is 7.68. The highest BCUT2D eigenvalue weighted by atomic mass is 32.2. The summed E-state index contributed by atoms with van der Waals surface area (Å²) in [6, 6.07) is 10.1. The summed E-state index contributed by atoms with van der Waals surface area (Å²) in [5.74, 6) is -0.0436. The molecule has 2 N–H and O–H groups in total. The molecule has 0 fully saturated rings. The number of nitrogens with zero attached hydrogens (tertiary/aromatic N) is 1. The number of nitrogen functional groups attached to an aromatic ring is 1. The second kappa shape index (κ2) is 4.78. The van der Waals surface area contributed by atoms with Gasteiger partial charge in [-0.15, -0.1) is 0 Å². The molecule has 0 bridgehead atoms. The Morgan fingerprint density at radius 1 is 1.11 bits per heavy atom. The Kier molecular flexibility index (Phi) is 3.34. The van der Waals surface area contributed by atoms with E-state index >= 15 is 0 Å². The Labute approximate surface area is 106 Å². The van der Waals surface area contributed by atoms with Gasteiger partial charge in [-0.25, -0.2) is 8.42 Å². The molecular weight excluding hydrogens is 248 g/mol. The van der Waals surface area contributed by atoms with Crippen molar-refractivity contribution in [3.63, 3.8) is 0 Å². The van der Waals surface area contributed by atoms with Gasteiger partial charge in [0.05, 0.1) is 10.6 Å². The molecule has 0 amide bonds. The molecule has 5 heteroatoms. The Hall–Kier alpha value is -1.88. The second-order valence-corrected chi connectivity index (χ2v) is 6.13. The molecule has 0 unspecified atom stereocenters. The van der Waals surface area contributed by atoms with Gasteiger partial charge in [-0.05, 0) is 36.8 Å². The third-order valence-corrected chi connectivity index (χ3v) is 4.25. The summed E-state index contributed by atoms with van der Waals surface area (Å²) in [6.45, 7) is 1.82. The van der Waals surface area contributed by atoms with Gasteiger partial charge in [-0.2, -0.15) is 0 Å². The third-order valence-electron chi connectivity index (χ3n) is 2.58. The molecule has 1 aromatic carbocycles. The summed E-state index contributed by atoms with van der Waals surface area (Å²) < 4.78 is 24.3. The SMILES string of the molecule is Cc1ccc(S(=O)(=O)Cc2ccc(N)cc2)cn1. The minimum Gasteiger partial charge on any atom is -0.399 e. The zero-order valence-electron chi connectivity index (χ0n) is 10.00. The number of hydrogen-bond acceptors (Lipinski definition) is 4. The number of hydrogen-bond donors (Lipinski definition) is 1. The number of benzene rings is 1. The van der Waals surface area contributed by atoms with Crippen LogP contribution in [0.15, 0.2) is 47.5 Å². The van der Waals surface area contributed by atoms with Gasteiger partial charge in [0.1, 0.15) is 0 Å². The van der Waals surface area contributed by atoms with Gasteiger partial charge >= 0.3 is 0 Å². The van der Waals surface area contributed by atoms with Crippen molar-refractivity contribution in [3.05, 3.63) is 53.9 Å². The molecule has 0 saturated heterocycles. The van der Waals surface area contributed by atoms with Gasteiger partial charge in [-0.1, -0.05) is 12.1 Å². The highest BCUT2D eigenvalue weighted by Crippen LogP contribution is 2.16. The molecular formula is C13H14N2O2S. The highest BCUT2D eigenvalue weighted by Gasteiger charge is 2.15. The first kappa shape index (κ1) is 12.6.